The molecule has 0 aromatic heterocycles. The van der Waals surface area contributed by atoms with Gasteiger partial charge in [-0.1, -0.05) is 55.7 Å². The summed E-state index contributed by atoms with van der Waals surface area (Å²) < 4.78 is 0. The molecule has 1 aliphatic carbocycles. The lowest BCUT2D eigenvalue weighted by atomic mass is 9.99. The van der Waals surface area contributed by atoms with Gasteiger partial charge in [-0.15, -0.1) is 0 Å². The summed E-state index contributed by atoms with van der Waals surface area (Å²) >= 11 is 0. The highest BCUT2D eigenvalue weighted by Crippen LogP contribution is 2.26. The molecular weight excluding hydrogens is 168 g/mol. The molecule has 1 atom stereocenters. The van der Waals surface area contributed by atoms with E-state index >= 15 is 0 Å². The highest BCUT2D eigenvalue weighted by Gasteiger charge is 2.09. The van der Waals surface area contributed by atoms with Crippen molar-refractivity contribution in [3.63, 3.8) is 0 Å². The Morgan fingerprint density at radius 3 is 2.93 bits per heavy atom. The Kier molecular flexibility index (Phi) is 4.72. The molecule has 0 nitrogen and oxygen atoms in total. The van der Waals surface area contributed by atoms with Gasteiger partial charge in [0.15, 0.2) is 0 Å². The first-order valence-electron chi connectivity index (χ1n) is 5.70. The predicted octanol–water partition coefficient (Wildman–Crippen LogP) is 4.65. The average Bonchev–Trinajstić information content (AvgIpc) is 2.29. The van der Waals surface area contributed by atoms with E-state index in [0.29, 0.717) is 0 Å². The van der Waals surface area contributed by atoms with Crippen LogP contribution in [0.25, 0.3) is 0 Å². The van der Waals surface area contributed by atoms with Crippen molar-refractivity contribution in [2.24, 2.45) is 5.92 Å². The van der Waals surface area contributed by atoms with Crippen LogP contribution in [0.15, 0.2) is 36.0 Å². The Balaban J connectivity index is 2.52. The van der Waals surface area contributed by atoms with E-state index in [9.17, 15) is 0 Å². The van der Waals surface area contributed by atoms with Crippen LogP contribution in [0.2, 0.25) is 0 Å². The first-order valence-corrected chi connectivity index (χ1v) is 5.70. The van der Waals surface area contributed by atoms with Crippen molar-refractivity contribution in [2.45, 2.75) is 46.0 Å². The van der Waals surface area contributed by atoms with Crippen LogP contribution in [0.4, 0.5) is 0 Å². The maximum Gasteiger partial charge on any atom is -0.0291 e. The molecule has 0 N–H and O–H groups in total. The lowest BCUT2D eigenvalue weighted by Crippen LogP contribution is -1.91. The first kappa shape index (κ1) is 11.3. The van der Waals surface area contributed by atoms with Crippen LogP contribution in [0.5, 0.6) is 0 Å². The van der Waals surface area contributed by atoms with E-state index in [-0.39, 0.29) is 0 Å². The number of hydrogen-bond acceptors (Lipinski definition) is 0. The van der Waals surface area contributed by atoms with Crippen molar-refractivity contribution in [3.8, 4) is 0 Å². The summed E-state index contributed by atoms with van der Waals surface area (Å²) in [5, 5.41) is 0. The normalized spacial score (nSPS) is 26.7. The van der Waals surface area contributed by atoms with E-state index < -0.39 is 0 Å². The van der Waals surface area contributed by atoms with Crippen molar-refractivity contribution in [3.05, 3.63) is 36.0 Å². The Bertz CT molecular complexity index is 243. The van der Waals surface area contributed by atoms with Gasteiger partial charge in [0, 0.05) is 0 Å². The van der Waals surface area contributed by atoms with Gasteiger partial charge in [0.05, 0.1) is 0 Å². The van der Waals surface area contributed by atoms with Crippen LogP contribution >= 0.6 is 0 Å². The zero-order valence-electron chi connectivity index (χ0n) is 9.55. The molecule has 1 aliphatic rings. The monoisotopic (exact) mass is 190 g/mol. The first-order chi connectivity index (χ1) is 6.68. The van der Waals surface area contributed by atoms with Crippen molar-refractivity contribution in [1.29, 1.82) is 0 Å². The topological polar surface area (TPSA) is 0 Å². The Morgan fingerprint density at radius 1 is 1.43 bits per heavy atom. The molecule has 0 amide bonds. The summed E-state index contributed by atoms with van der Waals surface area (Å²) in [7, 11) is 0. The zero-order valence-corrected chi connectivity index (χ0v) is 9.55. The van der Waals surface area contributed by atoms with Crippen molar-refractivity contribution in [2.75, 3.05) is 0 Å². The summed E-state index contributed by atoms with van der Waals surface area (Å²) in [6.07, 6.45) is 13.3. The summed E-state index contributed by atoms with van der Waals surface area (Å²) in [5.41, 5.74) is 2.75. The van der Waals surface area contributed by atoms with Gasteiger partial charge in [-0.05, 0) is 32.1 Å². The van der Waals surface area contributed by atoms with Gasteiger partial charge in [-0.25, -0.2) is 0 Å². The lowest BCUT2D eigenvalue weighted by Gasteiger charge is -2.06. The van der Waals surface area contributed by atoms with Crippen LogP contribution < -0.4 is 0 Å². The zero-order chi connectivity index (χ0) is 10.4. The van der Waals surface area contributed by atoms with Crippen molar-refractivity contribution >= 4 is 0 Å². The largest absolute Gasteiger partial charge is 0.0961 e. The molecule has 0 heteroatoms. The minimum absolute atomic E-state index is 0.877. The maximum atomic E-state index is 3.86. The Labute approximate surface area is 88.4 Å². The van der Waals surface area contributed by atoms with E-state index in [2.05, 4.69) is 31.7 Å². The van der Waals surface area contributed by atoms with Gasteiger partial charge in [-0.2, -0.15) is 0 Å². The molecule has 1 rings (SSSR count). The molecule has 0 aromatic rings. The van der Waals surface area contributed by atoms with Crippen LogP contribution in [0.1, 0.15) is 46.0 Å². The highest BCUT2D eigenvalue weighted by atomic mass is 14.2. The molecule has 0 bridgehead atoms. The van der Waals surface area contributed by atoms with Crippen LogP contribution in [0.3, 0.4) is 0 Å². The van der Waals surface area contributed by atoms with E-state index in [1.165, 1.54) is 32.1 Å². The molecule has 0 heterocycles. The fraction of sp³-hybridized carbons (Fsp3) is 0.571. The molecule has 0 saturated heterocycles. The van der Waals surface area contributed by atoms with Gasteiger partial charge in [0.1, 0.15) is 0 Å². The van der Waals surface area contributed by atoms with Crippen molar-refractivity contribution in [1.82, 2.24) is 0 Å². The molecule has 0 aliphatic heterocycles. The molecule has 0 aromatic carbocycles. The van der Waals surface area contributed by atoms with Crippen LogP contribution in [-0.2, 0) is 0 Å². The fourth-order valence-electron chi connectivity index (χ4n) is 2.00. The summed E-state index contributed by atoms with van der Waals surface area (Å²) in [6, 6.07) is 0. The maximum absolute atomic E-state index is 3.86. The molecule has 1 saturated carbocycles. The smallest absolute Gasteiger partial charge is 0.0291 e. The highest BCUT2D eigenvalue weighted by molar-refractivity contribution is 5.20. The van der Waals surface area contributed by atoms with Crippen molar-refractivity contribution < 1.29 is 0 Å². The third kappa shape index (κ3) is 4.45. The Morgan fingerprint density at radius 2 is 2.21 bits per heavy atom. The number of allylic oxidation sites excluding steroid dienone is 5. The van der Waals surface area contributed by atoms with Crippen LogP contribution in [-0.4, -0.2) is 0 Å². The number of hydrogen-bond donors (Lipinski definition) is 0. The average molecular weight is 190 g/mol. The van der Waals surface area contributed by atoms with Gasteiger partial charge in [0.2, 0.25) is 0 Å². The lowest BCUT2D eigenvalue weighted by molar-refractivity contribution is 0.531. The summed E-state index contributed by atoms with van der Waals surface area (Å²) in [6.45, 7) is 8.25. The third-order valence-electron chi connectivity index (χ3n) is 2.77. The molecular formula is C14H22. The van der Waals surface area contributed by atoms with Gasteiger partial charge >= 0.3 is 0 Å². The van der Waals surface area contributed by atoms with E-state index in [4.69, 9.17) is 0 Å². The minimum atomic E-state index is 0.877. The molecule has 0 spiro atoms. The van der Waals surface area contributed by atoms with Crippen LogP contribution in [0, 0.1) is 5.92 Å². The second kappa shape index (κ2) is 5.85. The van der Waals surface area contributed by atoms with E-state index in [1.54, 1.807) is 5.57 Å². The molecule has 1 fully saturated rings. The van der Waals surface area contributed by atoms with Gasteiger partial charge < -0.3 is 0 Å². The second-order valence-electron chi connectivity index (χ2n) is 4.59. The molecule has 0 radical (unpaired) electrons. The Hall–Kier alpha value is -0.780. The summed E-state index contributed by atoms with van der Waals surface area (Å²) in [4.78, 5) is 0. The van der Waals surface area contributed by atoms with Gasteiger partial charge in [-0.3, -0.25) is 0 Å². The van der Waals surface area contributed by atoms with E-state index in [1.807, 2.05) is 6.92 Å². The SMILES string of the molecule is C=C(C)/C=C\C=C1\CCCCC(C)C1. The fourth-order valence-corrected chi connectivity index (χ4v) is 2.00. The quantitative estimate of drug-likeness (QED) is 0.439. The van der Waals surface area contributed by atoms with E-state index in [0.717, 1.165) is 11.5 Å². The minimum Gasteiger partial charge on any atom is -0.0961 e. The molecule has 14 heavy (non-hydrogen) atoms. The third-order valence-corrected chi connectivity index (χ3v) is 2.77. The molecule has 78 valence electrons. The standard InChI is InChI=1S/C14H22/c1-12(2)7-6-10-14-9-5-4-8-13(3)11-14/h6-7,10,13H,1,4-5,8-9,11H2,2-3H3/b7-6-,14-10-. The predicted molar refractivity (Wildman–Crippen MR) is 64.3 cm³/mol. The second-order valence-corrected chi connectivity index (χ2v) is 4.59. The number of rotatable bonds is 2. The molecule has 1 unspecified atom stereocenters. The van der Waals surface area contributed by atoms with Gasteiger partial charge in [0.25, 0.3) is 0 Å². The summed E-state index contributed by atoms with van der Waals surface area (Å²) in [5.74, 6) is 0.877.